The minimum atomic E-state index is -0.325. The summed E-state index contributed by atoms with van der Waals surface area (Å²) in [6.07, 6.45) is 0.329. The van der Waals surface area contributed by atoms with Gasteiger partial charge in [-0.25, -0.2) is 0 Å². The zero-order chi connectivity index (χ0) is 17.4. The third-order valence-corrected chi connectivity index (χ3v) is 3.17. The highest BCUT2D eigenvalue weighted by Gasteiger charge is 2.09. The van der Waals surface area contributed by atoms with Crippen molar-refractivity contribution >= 4 is 11.6 Å². The molecule has 0 atom stereocenters. The molecule has 2 aromatic carbocycles. The molecule has 6 heteroatoms. The van der Waals surface area contributed by atoms with Gasteiger partial charge in [-0.05, 0) is 29.8 Å². The van der Waals surface area contributed by atoms with Gasteiger partial charge >= 0.3 is 0 Å². The summed E-state index contributed by atoms with van der Waals surface area (Å²) >= 11 is 0. The number of nitrogens with zero attached hydrogens (tertiary/aromatic N) is 2. The molecule has 0 aromatic heterocycles. The summed E-state index contributed by atoms with van der Waals surface area (Å²) in [5.74, 6) is 0.452. The average Bonchev–Trinajstić information content (AvgIpc) is 2.61. The summed E-state index contributed by atoms with van der Waals surface area (Å²) < 4.78 is 10.6. The van der Waals surface area contributed by atoms with Crippen molar-refractivity contribution in [2.45, 2.75) is 6.42 Å². The van der Waals surface area contributed by atoms with E-state index in [1.807, 2.05) is 6.07 Å². The highest BCUT2D eigenvalue weighted by atomic mass is 16.5. The maximum atomic E-state index is 11.9. The monoisotopic (exact) mass is 321 g/mol. The van der Waals surface area contributed by atoms with Gasteiger partial charge in [0.05, 0.1) is 31.2 Å². The van der Waals surface area contributed by atoms with Crippen LogP contribution in [0.1, 0.15) is 11.1 Å². The summed E-state index contributed by atoms with van der Waals surface area (Å²) in [4.78, 5) is 11.9. The molecule has 0 radical (unpaired) electrons. The first-order valence-corrected chi connectivity index (χ1v) is 7.13. The molecule has 120 valence electrons. The van der Waals surface area contributed by atoms with Gasteiger partial charge < -0.3 is 14.8 Å². The van der Waals surface area contributed by atoms with Crippen molar-refractivity contribution in [2.24, 2.45) is 0 Å². The van der Waals surface area contributed by atoms with Crippen LogP contribution in [0, 0.1) is 22.7 Å². The van der Waals surface area contributed by atoms with Crippen LogP contribution in [-0.2, 0) is 11.2 Å². The van der Waals surface area contributed by atoms with Gasteiger partial charge in [-0.15, -0.1) is 0 Å². The largest absolute Gasteiger partial charge is 0.493 e. The molecule has 6 nitrogen and oxygen atoms in total. The van der Waals surface area contributed by atoms with Crippen LogP contribution in [0.15, 0.2) is 42.5 Å². The first kappa shape index (κ1) is 16.9. The number of amides is 1. The smallest absolute Gasteiger partial charge is 0.262 e. The third-order valence-electron chi connectivity index (χ3n) is 3.17. The Morgan fingerprint density at radius 3 is 2.50 bits per heavy atom. The number of carbonyl (C=O) groups excluding carboxylic acids is 1. The van der Waals surface area contributed by atoms with Crippen molar-refractivity contribution in [3.63, 3.8) is 0 Å². The fourth-order valence-electron chi connectivity index (χ4n) is 1.99. The number of benzene rings is 2. The molecule has 0 spiro atoms. The molecular weight excluding hydrogens is 306 g/mol. The van der Waals surface area contributed by atoms with Crippen LogP contribution in [0.4, 0.5) is 5.69 Å². The van der Waals surface area contributed by atoms with E-state index in [0.717, 1.165) is 5.56 Å². The van der Waals surface area contributed by atoms with Crippen molar-refractivity contribution in [3.8, 4) is 23.6 Å². The first-order chi connectivity index (χ1) is 11.7. The fraction of sp³-hybridized carbons (Fsp3) is 0.167. The number of carbonyl (C=O) groups is 1. The molecule has 1 amide bonds. The normalized spacial score (nSPS) is 9.46. The number of hydrogen-bond acceptors (Lipinski definition) is 5. The van der Waals surface area contributed by atoms with E-state index >= 15 is 0 Å². The predicted molar refractivity (Wildman–Crippen MR) is 87.6 cm³/mol. The average molecular weight is 321 g/mol. The molecule has 2 aromatic rings. The quantitative estimate of drug-likeness (QED) is 0.882. The van der Waals surface area contributed by atoms with E-state index in [1.165, 1.54) is 7.11 Å². The Bertz CT molecular complexity index is 802. The van der Waals surface area contributed by atoms with E-state index in [1.54, 1.807) is 42.5 Å². The number of anilines is 1. The van der Waals surface area contributed by atoms with E-state index in [9.17, 15) is 4.79 Å². The molecule has 0 unspecified atom stereocenters. The Balaban J connectivity index is 1.94. The second-order valence-corrected chi connectivity index (χ2v) is 4.85. The summed E-state index contributed by atoms with van der Waals surface area (Å²) in [6, 6.07) is 15.8. The number of ether oxygens (including phenoxy) is 2. The van der Waals surface area contributed by atoms with Crippen LogP contribution in [0.25, 0.3) is 0 Å². The van der Waals surface area contributed by atoms with Gasteiger partial charge in [-0.3, -0.25) is 4.79 Å². The molecule has 0 aliphatic heterocycles. The lowest BCUT2D eigenvalue weighted by Gasteiger charge is -2.11. The van der Waals surface area contributed by atoms with Crippen molar-refractivity contribution in [2.75, 3.05) is 19.0 Å². The van der Waals surface area contributed by atoms with Gasteiger partial charge in [-0.1, -0.05) is 12.1 Å². The summed E-state index contributed by atoms with van der Waals surface area (Å²) in [5.41, 5.74) is 1.95. The number of methoxy groups -OCH3 is 1. The summed E-state index contributed by atoms with van der Waals surface area (Å²) in [6.45, 7) is -0.192. The van der Waals surface area contributed by atoms with Gasteiger partial charge in [0.25, 0.3) is 5.91 Å². The van der Waals surface area contributed by atoms with Gasteiger partial charge in [0.15, 0.2) is 18.1 Å². The van der Waals surface area contributed by atoms with Crippen molar-refractivity contribution in [1.82, 2.24) is 0 Å². The molecular formula is C18H15N3O3. The van der Waals surface area contributed by atoms with Gasteiger partial charge in [0.1, 0.15) is 0 Å². The zero-order valence-electron chi connectivity index (χ0n) is 13.1. The zero-order valence-corrected chi connectivity index (χ0v) is 13.1. The lowest BCUT2D eigenvalue weighted by Crippen LogP contribution is -2.20. The van der Waals surface area contributed by atoms with Gasteiger partial charge in [-0.2, -0.15) is 10.5 Å². The molecule has 0 fully saturated rings. The summed E-state index contributed by atoms with van der Waals surface area (Å²) in [7, 11) is 1.46. The van der Waals surface area contributed by atoms with Crippen LogP contribution in [0.3, 0.4) is 0 Å². The van der Waals surface area contributed by atoms with Crippen LogP contribution in [0.5, 0.6) is 11.5 Å². The van der Waals surface area contributed by atoms with E-state index in [2.05, 4.69) is 11.4 Å². The van der Waals surface area contributed by atoms with Crippen LogP contribution < -0.4 is 14.8 Å². The van der Waals surface area contributed by atoms with E-state index < -0.39 is 0 Å². The molecule has 0 saturated heterocycles. The Morgan fingerprint density at radius 2 is 1.88 bits per heavy atom. The minimum absolute atomic E-state index is 0.192. The maximum Gasteiger partial charge on any atom is 0.262 e. The van der Waals surface area contributed by atoms with Crippen molar-refractivity contribution < 1.29 is 14.3 Å². The van der Waals surface area contributed by atoms with E-state index in [4.69, 9.17) is 20.0 Å². The molecule has 2 rings (SSSR count). The minimum Gasteiger partial charge on any atom is -0.493 e. The number of nitrogens with one attached hydrogen (secondary N) is 1. The van der Waals surface area contributed by atoms with Crippen LogP contribution >= 0.6 is 0 Å². The predicted octanol–water partition coefficient (Wildman–Crippen LogP) is 2.65. The topological polar surface area (TPSA) is 95.1 Å². The van der Waals surface area contributed by atoms with E-state index in [-0.39, 0.29) is 12.5 Å². The lowest BCUT2D eigenvalue weighted by atomic mass is 10.1. The highest BCUT2D eigenvalue weighted by molar-refractivity contribution is 5.91. The maximum absolute atomic E-state index is 11.9. The number of rotatable bonds is 6. The molecule has 0 aliphatic carbocycles. The second-order valence-electron chi connectivity index (χ2n) is 4.85. The molecule has 0 heterocycles. The standard InChI is InChI=1S/C18H15N3O3/c1-23-17-10-14(11-20)4-7-16(17)24-12-18(22)21-15-5-2-13(3-6-15)8-9-19/h2-7,10H,8,12H2,1H3,(H,21,22). The van der Waals surface area contributed by atoms with Crippen LogP contribution in [-0.4, -0.2) is 19.6 Å². The number of hydrogen-bond donors (Lipinski definition) is 1. The van der Waals surface area contributed by atoms with Crippen molar-refractivity contribution in [3.05, 3.63) is 53.6 Å². The Kier molecular flexibility index (Phi) is 5.76. The number of nitriles is 2. The third kappa shape index (κ3) is 4.49. The second kappa shape index (κ2) is 8.21. The van der Waals surface area contributed by atoms with Crippen LogP contribution in [0.2, 0.25) is 0 Å². The molecule has 1 N–H and O–H groups in total. The highest BCUT2D eigenvalue weighted by Crippen LogP contribution is 2.27. The molecule has 24 heavy (non-hydrogen) atoms. The lowest BCUT2D eigenvalue weighted by molar-refractivity contribution is -0.118. The molecule has 0 bridgehead atoms. The van der Waals surface area contributed by atoms with Gasteiger partial charge in [0, 0.05) is 11.8 Å². The Hall–Kier alpha value is -3.51. The molecule has 0 aliphatic rings. The van der Waals surface area contributed by atoms with E-state index in [0.29, 0.717) is 29.2 Å². The van der Waals surface area contributed by atoms with Crippen molar-refractivity contribution in [1.29, 1.82) is 10.5 Å². The molecule has 0 saturated carbocycles. The summed E-state index contributed by atoms with van der Waals surface area (Å²) in [5, 5.41) is 20.2. The SMILES string of the molecule is COc1cc(C#N)ccc1OCC(=O)Nc1ccc(CC#N)cc1. The first-order valence-electron chi connectivity index (χ1n) is 7.13. The Labute approximate surface area is 139 Å². The fourth-order valence-corrected chi connectivity index (χ4v) is 1.99. The Morgan fingerprint density at radius 1 is 1.12 bits per heavy atom. The van der Waals surface area contributed by atoms with Gasteiger partial charge in [0.2, 0.25) is 0 Å².